The van der Waals surface area contributed by atoms with Crippen molar-refractivity contribution in [2.75, 3.05) is 18.2 Å². The molecule has 4 aromatic rings. The van der Waals surface area contributed by atoms with Crippen molar-refractivity contribution in [1.29, 1.82) is 0 Å². The highest BCUT2D eigenvalue weighted by atomic mass is 32.2. The normalized spacial score (nSPS) is 10.8. The standard InChI is InChI=1S/C21H17F2N5O2S/c1-30-16-7-4-14(5-8-16)20-25-26-21(28(20)27-10-2-3-11-27)31-13-19(29)24-18-9-6-15(22)12-17(18)23/h2-12H,13H2,1H3,(H,24,29). The largest absolute Gasteiger partial charge is 0.497 e. The lowest BCUT2D eigenvalue weighted by molar-refractivity contribution is -0.113. The molecule has 2 heterocycles. The van der Waals surface area contributed by atoms with E-state index in [1.807, 2.05) is 48.8 Å². The molecule has 0 fully saturated rings. The number of hydrogen-bond donors (Lipinski definition) is 1. The number of nitrogens with one attached hydrogen (secondary N) is 1. The third-order valence-corrected chi connectivity index (χ3v) is 5.24. The van der Waals surface area contributed by atoms with E-state index in [4.69, 9.17) is 4.74 Å². The molecule has 158 valence electrons. The number of ether oxygens (including phenoxy) is 1. The highest BCUT2D eigenvalue weighted by molar-refractivity contribution is 7.99. The Hall–Kier alpha value is -3.66. The van der Waals surface area contributed by atoms with E-state index in [2.05, 4.69) is 15.5 Å². The van der Waals surface area contributed by atoms with Crippen LogP contribution in [0.3, 0.4) is 0 Å². The third kappa shape index (κ3) is 4.58. The Kier molecular flexibility index (Phi) is 5.99. The van der Waals surface area contributed by atoms with Gasteiger partial charge in [-0.2, -0.15) is 0 Å². The third-order valence-electron chi connectivity index (χ3n) is 4.32. The Labute approximate surface area is 180 Å². The molecular formula is C21H17F2N5O2S. The zero-order valence-corrected chi connectivity index (χ0v) is 17.1. The van der Waals surface area contributed by atoms with E-state index >= 15 is 0 Å². The molecule has 10 heteroatoms. The second-order valence-electron chi connectivity index (χ2n) is 6.37. The van der Waals surface area contributed by atoms with Gasteiger partial charge in [-0.05, 0) is 48.5 Å². The van der Waals surface area contributed by atoms with E-state index < -0.39 is 17.5 Å². The smallest absolute Gasteiger partial charge is 0.234 e. The average Bonchev–Trinajstić information content (AvgIpc) is 3.44. The number of carbonyl (C=O) groups excluding carboxylic acids is 1. The maximum absolute atomic E-state index is 13.8. The Balaban J connectivity index is 1.55. The van der Waals surface area contributed by atoms with Crippen LogP contribution in [0.4, 0.5) is 14.5 Å². The molecule has 1 N–H and O–H groups in total. The lowest BCUT2D eigenvalue weighted by Gasteiger charge is -2.11. The van der Waals surface area contributed by atoms with Crippen LogP contribution in [-0.2, 0) is 4.79 Å². The van der Waals surface area contributed by atoms with Gasteiger partial charge in [0.25, 0.3) is 0 Å². The van der Waals surface area contributed by atoms with E-state index in [1.165, 1.54) is 6.07 Å². The Morgan fingerprint density at radius 3 is 2.52 bits per heavy atom. The summed E-state index contributed by atoms with van der Waals surface area (Å²) in [5, 5.41) is 11.4. The van der Waals surface area contributed by atoms with Gasteiger partial charge in [0.15, 0.2) is 5.82 Å². The number of amides is 1. The van der Waals surface area contributed by atoms with Crippen molar-refractivity contribution in [3.63, 3.8) is 0 Å². The van der Waals surface area contributed by atoms with Gasteiger partial charge in [0.05, 0.1) is 18.6 Å². The molecule has 0 spiro atoms. The molecule has 0 atom stereocenters. The highest BCUT2D eigenvalue weighted by Gasteiger charge is 2.17. The fourth-order valence-electron chi connectivity index (χ4n) is 2.85. The molecule has 4 rings (SSSR count). The molecule has 2 aromatic carbocycles. The van der Waals surface area contributed by atoms with Crippen LogP contribution in [0, 0.1) is 11.6 Å². The first kappa shape index (κ1) is 20.6. The monoisotopic (exact) mass is 441 g/mol. The van der Waals surface area contributed by atoms with Crippen LogP contribution in [-0.4, -0.2) is 38.3 Å². The van der Waals surface area contributed by atoms with Gasteiger partial charge in [-0.15, -0.1) is 10.2 Å². The fraction of sp³-hybridized carbons (Fsp3) is 0.0952. The maximum Gasteiger partial charge on any atom is 0.234 e. The predicted octanol–water partition coefficient (Wildman–Crippen LogP) is 4.08. The van der Waals surface area contributed by atoms with Gasteiger partial charge >= 0.3 is 0 Å². The number of aromatic nitrogens is 4. The highest BCUT2D eigenvalue weighted by Crippen LogP contribution is 2.26. The molecule has 0 aliphatic carbocycles. The van der Waals surface area contributed by atoms with E-state index in [0.29, 0.717) is 17.0 Å². The van der Waals surface area contributed by atoms with Crippen molar-refractivity contribution < 1.29 is 18.3 Å². The second-order valence-corrected chi connectivity index (χ2v) is 7.31. The van der Waals surface area contributed by atoms with E-state index in [1.54, 1.807) is 16.5 Å². The number of hydrogen-bond acceptors (Lipinski definition) is 5. The predicted molar refractivity (Wildman–Crippen MR) is 113 cm³/mol. The number of carbonyl (C=O) groups is 1. The van der Waals surface area contributed by atoms with Crippen LogP contribution in [0.5, 0.6) is 5.75 Å². The van der Waals surface area contributed by atoms with Gasteiger partial charge in [0.2, 0.25) is 11.1 Å². The molecule has 31 heavy (non-hydrogen) atoms. The Morgan fingerprint density at radius 1 is 1.10 bits per heavy atom. The second kappa shape index (κ2) is 9.00. The van der Waals surface area contributed by atoms with Crippen molar-refractivity contribution in [3.05, 3.63) is 78.6 Å². The minimum absolute atomic E-state index is 0.0428. The van der Waals surface area contributed by atoms with Crippen molar-refractivity contribution in [1.82, 2.24) is 19.5 Å². The average molecular weight is 441 g/mol. The zero-order valence-electron chi connectivity index (χ0n) is 16.3. The molecule has 1 amide bonds. The first-order valence-corrected chi connectivity index (χ1v) is 10.1. The van der Waals surface area contributed by atoms with Gasteiger partial charge in [0, 0.05) is 24.0 Å². The SMILES string of the molecule is COc1ccc(-c2nnc(SCC(=O)Nc3ccc(F)cc3F)n2-n2cccc2)cc1. The molecule has 0 aliphatic rings. The number of halogens is 2. The minimum Gasteiger partial charge on any atom is -0.497 e. The summed E-state index contributed by atoms with van der Waals surface area (Å²) >= 11 is 1.14. The number of rotatable bonds is 7. The number of methoxy groups -OCH3 is 1. The summed E-state index contributed by atoms with van der Waals surface area (Å²) in [6.07, 6.45) is 3.66. The molecular weight excluding hydrogens is 424 g/mol. The van der Waals surface area contributed by atoms with E-state index in [9.17, 15) is 13.6 Å². The summed E-state index contributed by atoms with van der Waals surface area (Å²) in [6, 6.07) is 14.1. The van der Waals surface area contributed by atoms with Gasteiger partial charge in [-0.1, -0.05) is 11.8 Å². The van der Waals surface area contributed by atoms with Gasteiger partial charge in [-0.3, -0.25) is 9.47 Å². The lowest BCUT2D eigenvalue weighted by atomic mass is 10.2. The zero-order chi connectivity index (χ0) is 21.8. The minimum atomic E-state index is -0.837. The first-order chi connectivity index (χ1) is 15.0. The summed E-state index contributed by atoms with van der Waals surface area (Å²) < 4.78 is 35.6. The van der Waals surface area contributed by atoms with Crippen LogP contribution in [0.1, 0.15) is 0 Å². The Bertz CT molecular complexity index is 1190. The van der Waals surface area contributed by atoms with Crippen LogP contribution in [0.25, 0.3) is 11.4 Å². The first-order valence-electron chi connectivity index (χ1n) is 9.16. The number of anilines is 1. The van der Waals surface area contributed by atoms with E-state index in [-0.39, 0.29) is 11.4 Å². The van der Waals surface area contributed by atoms with E-state index in [0.717, 1.165) is 29.1 Å². The van der Waals surface area contributed by atoms with Crippen LogP contribution in [0.2, 0.25) is 0 Å². The van der Waals surface area contributed by atoms with Crippen LogP contribution >= 0.6 is 11.8 Å². The molecule has 0 bridgehead atoms. The summed E-state index contributed by atoms with van der Waals surface area (Å²) in [5.74, 6) is -0.755. The summed E-state index contributed by atoms with van der Waals surface area (Å²) in [7, 11) is 1.59. The van der Waals surface area contributed by atoms with Crippen molar-refractivity contribution in [2.24, 2.45) is 0 Å². The molecule has 0 saturated carbocycles. The maximum atomic E-state index is 13.8. The number of benzene rings is 2. The number of thioether (sulfide) groups is 1. The van der Waals surface area contributed by atoms with Gasteiger partial charge < -0.3 is 10.1 Å². The van der Waals surface area contributed by atoms with Crippen LogP contribution < -0.4 is 10.1 Å². The van der Waals surface area contributed by atoms with Crippen LogP contribution in [0.15, 0.2) is 72.1 Å². The summed E-state index contributed by atoms with van der Waals surface area (Å²) in [6.45, 7) is 0. The van der Waals surface area contributed by atoms with Crippen molar-refractivity contribution in [2.45, 2.75) is 5.16 Å². The fourth-order valence-corrected chi connectivity index (χ4v) is 3.58. The van der Waals surface area contributed by atoms with Crippen molar-refractivity contribution >= 4 is 23.4 Å². The van der Waals surface area contributed by atoms with Gasteiger partial charge in [-0.25, -0.2) is 13.5 Å². The molecule has 0 unspecified atom stereocenters. The van der Waals surface area contributed by atoms with Gasteiger partial charge in [0.1, 0.15) is 17.4 Å². The summed E-state index contributed by atoms with van der Waals surface area (Å²) in [4.78, 5) is 12.3. The number of nitrogens with zero attached hydrogens (tertiary/aromatic N) is 4. The molecule has 2 aromatic heterocycles. The molecule has 7 nitrogen and oxygen atoms in total. The molecule has 0 saturated heterocycles. The lowest BCUT2D eigenvalue weighted by Crippen LogP contribution is -2.16. The Morgan fingerprint density at radius 2 is 1.84 bits per heavy atom. The topological polar surface area (TPSA) is 74.0 Å². The quantitative estimate of drug-likeness (QED) is 0.438. The molecule has 0 radical (unpaired) electrons. The molecule has 0 aliphatic heterocycles. The van der Waals surface area contributed by atoms with Crippen molar-refractivity contribution in [3.8, 4) is 17.1 Å². The summed E-state index contributed by atoms with van der Waals surface area (Å²) in [5.41, 5.74) is 0.726.